The number of nitrogens with zero attached hydrogens (tertiary/aromatic N) is 3. The van der Waals surface area contributed by atoms with E-state index in [2.05, 4.69) is 40.0 Å². The molecule has 7 heteroatoms. The number of aryl methyl sites for hydroxylation is 2. The zero-order valence-corrected chi connectivity index (χ0v) is 19.5. The minimum atomic E-state index is 0. The summed E-state index contributed by atoms with van der Waals surface area (Å²) in [6.45, 7) is 2.44. The van der Waals surface area contributed by atoms with Crippen LogP contribution in [0.5, 0.6) is 0 Å². The molecule has 1 aliphatic rings. The molecule has 160 valence electrons. The first-order valence-electron chi connectivity index (χ1n) is 10.5. The van der Waals surface area contributed by atoms with Gasteiger partial charge in [-0.3, -0.25) is 9.67 Å². The fourth-order valence-electron chi connectivity index (χ4n) is 3.78. The second kappa shape index (κ2) is 11.8. The Balaban J connectivity index is 0.00000256. The summed E-state index contributed by atoms with van der Waals surface area (Å²) in [5.41, 5.74) is 2.93. The fraction of sp³-hybridized carbons (Fsp3) is 0.391. The molecule has 0 saturated heterocycles. The first-order chi connectivity index (χ1) is 14.4. The lowest BCUT2D eigenvalue weighted by atomic mass is 9.88. The van der Waals surface area contributed by atoms with Crippen LogP contribution >= 0.6 is 24.0 Å². The maximum absolute atomic E-state index is 5.43. The lowest BCUT2D eigenvalue weighted by molar-refractivity contribution is 0.500. The third-order valence-corrected chi connectivity index (χ3v) is 5.31. The lowest BCUT2D eigenvalue weighted by Crippen LogP contribution is -2.46. The number of fused-ring (bicyclic) bond motifs is 1. The summed E-state index contributed by atoms with van der Waals surface area (Å²) in [7, 11) is 0. The number of aliphatic imine (C=N–C) groups is 1. The van der Waals surface area contributed by atoms with E-state index in [4.69, 9.17) is 9.41 Å². The smallest absolute Gasteiger partial charge is 0.191 e. The molecule has 3 aromatic rings. The molecule has 2 aromatic heterocycles. The topological polar surface area (TPSA) is 67.4 Å². The SMILES string of the molecule is I.c1coc(CCNC(=NCCCn2cccn2)NC2CCc3ccccc3C2)c1. The van der Waals surface area contributed by atoms with Crippen LogP contribution in [0.4, 0.5) is 0 Å². The maximum Gasteiger partial charge on any atom is 0.191 e. The Kier molecular flexibility index (Phi) is 8.80. The molecule has 1 unspecified atom stereocenters. The van der Waals surface area contributed by atoms with E-state index in [9.17, 15) is 0 Å². The summed E-state index contributed by atoms with van der Waals surface area (Å²) >= 11 is 0. The zero-order chi connectivity index (χ0) is 19.7. The van der Waals surface area contributed by atoms with Crippen LogP contribution in [0.2, 0.25) is 0 Å². The minimum absolute atomic E-state index is 0. The molecule has 2 heterocycles. The van der Waals surface area contributed by atoms with Crippen LogP contribution in [-0.4, -0.2) is 34.9 Å². The summed E-state index contributed by atoms with van der Waals surface area (Å²) in [4.78, 5) is 4.81. The molecule has 1 aromatic carbocycles. The maximum atomic E-state index is 5.43. The Labute approximate surface area is 195 Å². The predicted molar refractivity (Wildman–Crippen MR) is 130 cm³/mol. The van der Waals surface area contributed by atoms with Crippen LogP contribution in [-0.2, 0) is 25.8 Å². The van der Waals surface area contributed by atoms with E-state index in [1.807, 2.05) is 35.3 Å². The molecule has 0 radical (unpaired) electrons. The third kappa shape index (κ3) is 6.62. The highest BCUT2D eigenvalue weighted by Crippen LogP contribution is 2.20. The Morgan fingerprint density at radius 2 is 2.07 bits per heavy atom. The van der Waals surface area contributed by atoms with Crippen molar-refractivity contribution >= 4 is 29.9 Å². The van der Waals surface area contributed by atoms with Gasteiger partial charge in [-0.15, -0.1) is 24.0 Å². The van der Waals surface area contributed by atoms with Crippen LogP contribution < -0.4 is 10.6 Å². The molecule has 30 heavy (non-hydrogen) atoms. The standard InChI is InChI=1S/C23H29N5O.HI/c1-2-7-20-18-21(10-9-19(20)6-1)27-23(25-14-11-22-8-3-17-29-22)24-12-4-15-28-16-5-13-26-28;/h1-3,5-8,13,16-17,21H,4,9-12,14-15,18H2,(H2,24,25,27);1H. The molecular formula is C23H30IN5O. The largest absolute Gasteiger partial charge is 0.469 e. The van der Waals surface area contributed by atoms with Crippen molar-refractivity contribution < 1.29 is 4.42 Å². The van der Waals surface area contributed by atoms with Crippen LogP contribution in [0.25, 0.3) is 0 Å². The van der Waals surface area contributed by atoms with Gasteiger partial charge in [-0.25, -0.2) is 0 Å². The summed E-state index contributed by atoms with van der Waals surface area (Å²) in [5, 5.41) is 11.4. The number of nitrogens with one attached hydrogen (secondary N) is 2. The van der Waals surface area contributed by atoms with E-state index in [1.54, 1.807) is 6.26 Å². The van der Waals surface area contributed by atoms with Gasteiger partial charge < -0.3 is 15.1 Å². The highest BCUT2D eigenvalue weighted by molar-refractivity contribution is 14.0. The summed E-state index contributed by atoms with van der Waals surface area (Å²) in [6.07, 6.45) is 10.6. The van der Waals surface area contributed by atoms with Gasteiger partial charge in [0.1, 0.15) is 5.76 Å². The van der Waals surface area contributed by atoms with E-state index >= 15 is 0 Å². The summed E-state index contributed by atoms with van der Waals surface area (Å²) in [6, 6.07) is 15.1. The molecule has 0 aliphatic heterocycles. The number of aromatic nitrogens is 2. The zero-order valence-electron chi connectivity index (χ0n) is 17.2. The Hall–Kier alpha value is -2.29. The Morgan fingerprint density at radius 1 is 1.17 bits per heavy atom. The van der Waals surface area contributed by atoms with Crippen LogP contribution in [0.3, 0.4) is 0 Å². The molecule has 6 nitrogen and oxygen atoms in total. The normalized spacial score (nSPS) is 15.9. The van der Waals surface area contributed by atoms with E-state index in [1.165, 1.54) is 11.1 Å². The number of furan rings is 1. The van der Waals surface area contributed by atoms with E-state index in [-0.39, 0.29) is 24.0 Å². The van der Waals surface area contributed by atoms with E-state index < -0.39 is 0 Å². The van der Waals surface area contributed by atoms with Gasteiger partial charge in [-0.05, 0) is 55.0 Å². The van der Waals surface area contributed by atoms with Gasteiger partial charge in [0.15, 0.2) is 5.96 Å². The molecule has 0 fully saturated rings. The van der Waals surface area contributed by atoms with E-state index in [0.717, 1.165) is 63.5 Å². The number of hydrogen-bond acceptors (Lipinski definition) is 3. The van der Waals surface area contributed by atoms with Crippen molar-refractivity contribution in [3.63, 3.8) is 0 Å². The van der Waals surface area contributed by atoms with Crippen molar-refractivity contribution in [2.24, 2.45) is 4.99 Å². The van der Waals surface area contributed by atoms with Gasteiger partial charge in [0.25, 0.3) is 0 Å². The van der Waals surface area contributed by atoms with Crippen molar-refractivity contribution in [3.05, 3.63) is 78.0 Å². The van der Waals surface area contributed by atoms with Gasteiger partial charge in [0.05, 0.1) is 6.26 Å². The average molecular weight is 519 g/mol. The summed E-state index contributed by atoms with van der Waals surface area (Å²) < 4.78 is 7.38. The molecule has 1 atom stereocenters. The first kappa shape index (κ1) is 22.4. The average Bonchev–Trinajstić information content (AvgIpc) is 3.45. The highest BCUT2D eigenvalue weighted by atomic mass is 127. The van der Waals surface area contributed by atoms with Crippen LogP contribution in [0, 0.1) is 0 Å². The van der Waals surface area contributed by atoms with Gasteiger partial charge >= 0.3 is 0 Å². The quantitative estimate of drug-likeness (QED) is 0.206. The van der Waals surface area contributed by atoms with Gasteiger partial charge in [-0.1, -0.05) is 24.3 Å². The second-order valence-corrected chi connectivity index (χ2v) is 7.46. The predicted octanol–water partition coefficient (Wildman–Crippen LogP) is 3.82. The monoisotopic (exact) mass is 519 g/mol. The molecular weight excluding hydrogens is 489 g/mol. The number of rotatable bonds is 8. The van der Waals surface area contributed by atoms with Crippen molar-refractivity contribution in [1.29, 1.82) is 0 Å². The Bertz CT molecular complexity index is 892. The third-order valence-electron chi connectivity index (χ3n) is 5.31. The molecule has 0 bridgehead atoms. The van der Waals surface area contributed by atoms with Gasteiger partial charge in [-0.2, -0.15) is 5.10 Å². The molecule has 0 saturated carbocycles. The lowest BCUT2D eigenvalue weighted by Gasteiger charge is -2.27. The molecule has 1 aliphatic carbocycles. The van der Waals surface area contributed by atoms with Crippen LogP contribution in [0.15, 0.2) is 70.5 Å². The van der Waals surface area contributed by atoms with Crippen LogP contribution in [0.1, 0.15) is 29.7 Å². The van der Waals surface area contributed by atoms with Crippen molar-refractivity contribution in [2.75, 3.05) is 13.1 Å². The Morgan fingerprint density at radius 3 is 2.87 bits per heavy atom. The van der Waals surface area contributed by atoms with Gasteiger partial charge in [0, 0.05) is 44.5 Å². The van der Waals surface area contributed by atoms with Crippen molar-refractivity contribution in [2.45, 2.75) is 44.7 Å². The molecule has 4 rings (SSSR count). The second-order valence-electron chi connectivity index (χ2n) is 7.46. The number of halogens is 1. The summed E-state index contributed by atoms with van der Waals surface area (Å²) in [5.74, 6) is 1.88. The fourth-order valence-corrected chi connectivity index (χ4v) is 3.78. The minimum Gasteiger partial charge on any atom is -0.469 e. The highest BCUT2D eigenvalue weighted by Gasteiger charge is 2.19. The van der Waals surface area contributed by atoms with Crippen molar-refractivity contribution in [1.82, 2.24) is 20.4 Å². The van der Waals surface area contributed by atoms with Gasteiger partial charge in [0.2, 0.25) is 0 Å². The molecule has 0 spiro atoms. The molecule has 0 amide bonds. The number of benzene rings is 1. The van der Waals surface area contributed by atoms with E-state index in [0.29, 0.717) is 6.04 Å². The number of guanidine groups is 1. The number of hydrogen-bond donors (Lipinski definition) is 2. The first-order valence-corrected chi connectivity index (χ1v) is 10.5. The molecule has 2 N–H and O–H groups in total. The van der Waals surface area contributed by atoms with Crippen molar-refractivity contribution in [3.8, 4) is 0 Å².